The van der Waals surface area contributed by atoms with Crippen LogP contribution in [-0.2, 0) is 0 Å². The second-order valence-electron chi connectivity index (χ2n) is 17.5. The van der Waals surface area contributed by atoms with Gasteiger partial charge in [-0.1, -0.05) is 194 Å². The number of anilines is 3. The first-order chi connectivity index (χ1) is 33.2. The van der Waals surface area contributed by atoms with E-state index in [9.17, 15) is 0 Å². The van der Waals surface area contributed by atoms with E-state index in [1.165, 1.54) is 117 Å². The van der Waals surface area contributed by atoms with Crippen LogP contribution in [0.15, 0.2) is 237 Å². The monoisotopic (exact) mass is 885 g/mol. The van der Waals surface area contributed by atoms with Gasteiger partial charge in [-0.2, -0.15) is 0 Å². The van der Waals surface area contributed by atoms with Crippen LogP contribution in [0.5, 0.6) is 0 Å². The normalized spacial score (nSPS) is 11.9. The van der Waals surface area contributed by atoms with Gasteiger partial charge in [0.15, 0.2) is 0 Å². The van der Waals surface area contributed by atoms with Crippen LogP contribution in [0.3, 0.4) is 0 Å². The van der Waals surface area contributed by atoms with Gasteiger partial charge in [0, 0.05) is 62.1 Å². The van der Waals surface area contributed by atoms with Crippen molar-refractivity contribution in [3.63, 3.8) is 0 Å². The summed E-state index contributed by atoms with van der Waals surface area (Å²) >= 11 is 3.77. The van der Waals surface area contributed by atoms with Crippen LogP contribution in [0.2, 0.25) is 0 Å². The van der Waals surface area contributed by atoms with Crippen molar-refractivity contribution in [2.24, 2.45) is 0 Å². The SMILES string of the molecule is c1ccc(-c2ccc(N(c3ccc(-c4ccc5sc6ccc7ccccc7c6c5c4)c4ccccc34)c3ccc(-c4cccc5c4sc4ccccc45)c4ccccc34)c3ccccc23)cc1. The van der Waals surface area contributed by atoms with E-state index in [4.69, 9.17) is 0 Å². The molecule has 0 bridgehead atoms. The van der Waals surface area contributed by atoms with Gasteiger partial charge < -0.3 is 4.90 Å². The summed E-state index contributed by atoms with van der Waals surface area (Å²) in [7, 11) is 0. The number of benzene rings is 12. The van der Waals surface area contributed by atoms with Crippen molar-refractivity contribution in [3.8, 4) is 33.4 Å². The van der Waals surface area contributed by atoms with Crippen molar-refractivity contribution in [3.05, 3.63) is 237 Å². The fourth-order valence-electron chi connectivity index (χ4n) is 10.9. The van der Waals surface area contributed by atoms with Crippen LogP contribution in [-0.4, -0.2) is 0 Å². The zero-order chi connectivity index (χ0) is 44.0. The van der Waals surface area contributed by atoms with E-state index in [2.05, 4.69) is 241 Å². The van der Waals surface area contributed by atoms with Crippen LogP contribution in [0.4, 0.5) is 17.1 Å². The highest BCUT2D eigenvalue weighted by atomic mass is 32.1. The molecule has 0 aliphatic heterocycles. The van der Waals surface area contributed by atoms with E-state index in [1.54, 1.807) is 0 Å². The Morgan fingerprint density at radius 2 is 0.761 bits per heavy atom. The van der Waals surface area contributed by atoms with Crippen LogP contribution in [0.25, 0.3) is 117 Å². The molecule has 12 aromatic carbocycles. The van der Waals surface area contributed by atoms with Gasteiger partial charge in [0.2, 0.25) is 0 Å². The predicted molar refractivity (Wildman–Crippen MR) is 293 cm³/mol. The number of rotatable bonds is 6. The minimum absolute atomic E-state index is 1.13. The molecular formula is C64H39NS2. The highest BCUT2D eigenvalue weighted by Crippen LogP contribution is 2.50. The average molecular weight is 886 g/mol. The highest BCUT2D eigenvalue weighted by molar-refractivity contribution is 7.26. The Kier molecular flexibility index (Phi) is 8.70. The second kappa shape index (κ2) is 15.3. The molecule has 0 fully saturated rings. The quantitative estimate of drug-likeness (QED) is 0.161. The number of thiophene rings is 2. The molecule has 0 unspecified atom stereocenters. The molecule has 0 radical (unpaired) electrons. The standard InChI is InChI=1S/C64H39NS2/c1-2-15-40(16-3-1)43-31-34-57(50-22-9-6-19-46(43)50)65(59-36-33-49(48-21-8-11-24-52(48)59)54-26-14-27-55-53-25-12-13-28-60(53)67-64(54)55)58-35-32-44(47-20-7-10-23-51(47)58)42-30-37-61-56(39-42)63-45-18-5-4-17-41(45)29-38-62(63)66-61/h1-39H. The summed E-state index contributed by atoms with van der Waals surface area (Å²) in [5.41, 5.74) is 10.8. The number of nitrogens with zero attached hydrogens (tertiary/aromatic N) is 1. The van der Waals surface area contributed by atoms with E-state index in [1.807, 2.05) is 22.7 Å². The van der Waals surface area contributed by atoms with Crippen molar-refractivity contribution in [1.29, 1.82) is 0 Å². The van der Waals surface area contributed by atoms with Gasteiger partial charge in [-0.3, -0.25) is 0 Å². The van der Waals surface area contributed by atoms with Crippen molar-refractivity contribution in [1.82, 2.24) is 0 Å². The van der Waals surface area contributed by atoms with E-state index in [-0.39, 0.29) is 0 Å². The smallest absolute Gasteiger partial charge is 0.0540 e. The maximum Gasteiger partial charge on any atom is 0.0540 e. The van der Waals surface area contributed by atoms with Gasteiger partial charge in [0.25, 0.3) is 0 Å². The van der Waals surface area contributed by atoms with Crippen LogP contribution in [0, 0.1) is 0 Å². The van der Waals surface area contributed by atoms with Crippen molar-refractivity contribution in [2.45, 2.75) is 0 Å². The van der Waals surface area contributed by atoms with Gasteiger partial charge in [-0.25, -0.2) is 0 Å². The summed E-state index contributed by atoms with van der Waals surface area (Å²) in [6.45, 7) is 0. The molecule has 2 heterocycles. The summed E-state index contributed by atoms with van der Waals surface area (Å²) in [6, 6.07) is 87.8. The molecule has 0 aliphatic carbocycles. The van der Waals surface area contributed by atoms with Crippen molar-refractivity contribution < 1.29 is 0 Å². The molecule has 312 valence electrons. The van der Waals surface area contributed by atoms with Gasteiger partial charge in [-0.05, 0) is 97.2 Å². The van der Waals surface area contributed by atoms with Gasteiger partial charge in [0.05, 0.1) is 17.1 Å². The third kappa shape index (κ3) is 5.99. The average Bonchev–Trinajstić information content (AvgIpc) is 3.98. The zero-order valence-corrected chi connectivity index (χ0v) is 37.9. The Morgan fingerprint density at radius 1 is 0.254 bits per heavy atom. The molecule has 1 nitrogen and oxygen atoms in total. The molecule has 0 spiro atoms. The fourth-order valence-corrected chi connectivity index (χ4v) is 13.2. The van der Waals surface area contributed by atoms with E-state index in [0.717, 1.165) is 17.1 Å². The van der Waals surface area contributed by atoms with Crippen LogP contribution in [0.1, 0.15) is 0 Å². The maximum absolute atomic E-state index is 2.54. The van der Waals surface area contributed by atoms with E-state index >= 15 is 0 Å². The summed E-state index contributed by atoms with van der Waals surface area (Å²) in [4.78, 5) is 2.54. The third-order valence-electron chi connectivity index (χ3n) is 13.9. The third-order valence-corrected chi connectivity index (χ3v) is 16.2. The van der Waals surface area contributed by atoms with E-state index < -0.39 is 0 Å². The van der Waals surface area contributed by atoms with Gasteiger partial charge >= 0.3 is 0 Å². The Labute approximate surface area is 395 Å². The number of fused-ring (bicyclic) bond motifs is 11. The van der Waals surface area contributed by atoms with Gasteiger partial charge in [0.1, 0.15) is 0 Å². The summed E-state index contributed by atoms with van der Waals surface area (Å²) in [5, 5.41) is 15.1. The predicted octanol–water partition coefficient (Wildman–Crippen LogP) is 19.5. The minimum Gasteiger partial charge on any atom is -0.309 e. The molecule has 3 heteroatoms. The Morgan fingerprint density at radius 3 is 1.45 bits per heavy atom. The minimum atomic E-state index is 1.13. The molecule has 0 N–H and O–H groups in total. The fraction of sp³-hybridized carbons (Fsp3) is 0. The Bertz CT molecular complexity index is 4290. The number of hydrogen-bond acceptors (Lipinski definition) is 3. The molecular weight excluding hydrogens is 847 g/mol. The summed E-state index contributed by atoms with van der Waals surface area (Å²) < 4.78 is 5.28. The lowest BCUT2D eigenvalue weighted by molar-refractivity contribution is 1.33. The second-order valence-corrected chi connectivity index (χ2v) is 19.6. The molecule has 14 aromatic rings. The lowest BCUT2D eigenvalue weighted by atomic mass is 9.92. The topological polar surface area (TPSA) is 3.24 Å². The molecule has 0 saturated heterocycles. The van der Waals surface area contributed by atoms with Crippen LogP contribution >= 0.6 is 22.7 Å². The molecule has 0 saturated carbocycles. The van der Waals surface area contributed by atoms with E-state index in [0.29, 0.717) is 0 Å². The van der Waals surface area contributed by atoms with Crippen molar-refractivity contribution >= 4 is 123 Å². The first kappa shape index (κ1) is 38.2. The van der Waals surface area contributed by atoms with Crippen molar-refractivity contribution in [2.75, 3.05) is 4.90 Å². The summed E-state index contributed by atoms with van der Waals surface area (Å²) in [6.07, 6.45) is 0. The lowest BCUT2D eigenvalue weighted by Gasteiger charge is -2.30. The van der Waals surface area contributed by atoms with Crippen LogP contribution < -0.4 is 4.90 Å². The van der Waals surface area contributed by atoms with Gasteiger partial charge in [-0.15, -0.1) is 22.7 Å². The highest BCUT2D eigenvalue weighted by Gasteiger charge is 2.24. The first-order valence-corrected chi connectivity index (χ1v) is 24.5. The molecule has 0 atom stereocenters. The Hall–Kier alpha value is -8.08. The molecule has 67 heavy (non-hydrogen) atoms. The molecule has 2 aromatic heterocycles. The largest absolute Gasteiger partial charge is 0.309 e. The first-order valence-electron chi connectivity index (χ1n) is 22.9. The molecule has 0 aliphatic rings. The zero-order valence-electron chi connectivity index (χ0n) is 36.3. The summed E-state index contributed by atoms with van der Waals surface area (Å²) in [5.74, 6) is 0. The maximum atomic E-state index is 2.54. The lowest BCUT2D eigenvalue weighted by Crippen LogP contribution is -2.12. The molecule has 0 amide bonds. The number of hydrogen-bond donors (Lipinski definition) is 0. The Balaban J connectivity index is 1.02. The molecule has 14 rings (SSSR count).